The fraction of sp³-hybridized carbons (Fsp3) is 0.353. The number of pyridine rings is 1. The minimum atomic E-state index is -0.242. The lowest BCUT2D eigenvalue weighted by molar-refractivity contribution is 0.339. The Kier molecular flexibility index (Phi) is 5.28. The molecule has 0 aliphatic carbocycles. The summed E-state index contributed by atoms with van der Waals surface area (Å²) in [5.41, 5.74) is 2.19. The van der Waals surface area contributed by atoms with Crippen molar-refractivity contribution in [2.24, 2.45) is 0 Å². The maximum absolute atomic E-state index is 14.3. The third-order valence-corrected chi connectivity index (χ3v) is 3.08. The van der Waals surface area contributed by atoms with Crippen molar-refractivity contribution in [3.8, 4) is 16.9 Å². The van der Waals surface area contributed by atoms with E-state index in [4.69, 9.17) is 4.74 Å². The molecule has 0 unspecified atom stereocenters. The molecule has 1 aromatic heterocycles. The van der Waals surface area contributed by atoms with Crippen molar-refractivity contribution in [1.29, 1.82) is 0 Å². The molecule has 0 fully saturated rings. The number of hydrogen-bond donors (Lipinski definition) is 1. The number of ether oxygens (including phenoxy) is 1. The molecule has 0 amide bonds. The highest BCUT2D eigenvalue weighted by atomic mass is 19.1. The summed E-state index contributed by atoms with van der Waals surface area (Å²) in [4.78, 5) is 4.10. The van der Waals surface area contributed by atoms with Crippen LogP contribution >= 0.6 is 0 Å². The van der Waals surface area contributed by atoms with E-state index in [2.05, 4.69) is 24.1 Å². The molecule has 1 aromatic carbocycles. The van der Waals surface area contributed by atoms with E-state index in [9.17, 15) is 4.39 Å². The molecule has 112 valence electrons. The van der Waals surface area contributed by atoms with Gasteiger partial charge in [-0.15, -0.1) is 0 Å². The van der Waals surface area contributed by atoms with Gasteiger partial charge >= 0.3 is 0 Å². The maximum Gasteiger partial charge on any atom is 0.138 e. The van der Waals surface area contributed by atoms with Crippen LogP contribution in [0.5, 0.6) is 5.75 Å². The van der Waals surface area contributed by atoms with Crippen LogP contribution in [-0.4, -0.2) is 17.6 Å². The first-order valence-corrected chi connectivity index (χ1v) is 7.20. The molecular weight excluding hydrogens is 267 g/mol. The van der Waals surface area contributed by atoms with Gasteiger partial charge in [-0.25, -0.2) is 4.39 Å². The largest absolute Gasteiger partial charge is 0.492 e. The Labute approximate surface area is 125 Å². The molecule has 0 radical (unpaired) electrons. The number of nitrogens with zero attached hydrogens (tertiary/aromatic N) is 1. The molecule has 0 spiro atoms. The van der Waals surface area contributed by atoms with E-state index < -0.39 is 0 Å². The van der Waals surface area contributed by atoms with Gasteiger partial charge in [0.25, 0.3) is 0 Å². The minimum Gasteiger partial charge on any atom is -0.492 e. The van der Waals surface area contributed by atoms with Crippen molar-refractivity contribution in [2.45, 2.75) is 33.4 Å². The van der Waals surface area contributed by atoms with Crippen LogP contribution in [0.2, 0.25) is 0 Å². The van der Waals surface area contributed by atoms with Gasteiger partial charge in [-0.3, -0.25) is 4.98 Å². The second kappa shape index (κ2) is 7.18. The molecule has 0 saturated heterocycles. The third-order valence-electron chi connectivity index (χ3n) is 3.08. The molecule has 1 N–H and O–H groups in total. The topological polar surface area (TPSA) is 34.1 Å². The summed E-state index contributed by atoms with van der Waals surface area (Å²) in [6, 6.07) is 7.47. The molecule has 1 heterocycles. The number of rotatable bonds is 6. The molecule has 3 nitrogen and oxygen atoms in total. The average molecular weight is 288 g/mol. The lowest BCUT2D eigenvalue weighted by Crippen LogP contribution is -2.21. The number of benzene rings is 1. The van der Waals surface area contributed by atoms with Gasteiger partial charge in [-0.2, -0.15) is 0 Å². The van der Waals surface area contributed by atoms with Gasteiger partial charge in [-0.05, 0) is 24.6 Å². The van der Waals surface area contributed by atoms with Crippen LogP contribution < -0.4 is 10.1 Å². The van der Waals surface area contributed by atoms with Crippen molar-refractivity contribution in [3.63, 3.8) is 0 Å². The number of nitrogens with one attached hydrogen (secondary N) is 1. The zero-order valence-electron chi connectivity index (χ0n) is 12.7. The van der Waals surface area contributed by atoms with Crippen LogP contribution in [0.15, 0.2) is 36.7 Å². The number of halogens is 1. The zero-order valence-corrected chi connectivity index (χ0v) is 12.7. The monoisotopic (exact) mass is 288 g/mol. The summed E-state index contributed by atoms with van der Waals surface area (Å²) in [5.74, 6) is 0.411. The van der Waals surface area contributed by atoms with Gasteiger partial charge in [0.05, 0.1) is 12.8 Å². The second-order valence-corrected chi connectivity index (χ2v) is 5.19. The highest BCUT2D eigenvalue weighted by molar-refractivity contribution is 5.64. The molecular formula is C17H21FN2O. The lowest BCUT2D eigenvalue weighted by Gasteiger charge is -2.10. The van der Waals surface area contributed by atoms with Crippen molar-refractivity contribution in [2.75, 3.05) is 6.61 Å². The molecule has 21 heavy (non-hydrogen) atoms. The van der Waals surface area contributed by atoms with Gasteiger partial charge < -0.3 is 10.1 Å². The summed E-state index contributed by atoms with van der Waals surface area (Å²) in [7, 11) is 0. The first kappa shape index (κ1) is 15.4. The quantitative estimate of drug-likeness (QED) is 0.878. The van der Waals surface area contributed by atoms with Crippen LogP contribution in [-0.2, 0) is 6.54 Å². The molecule has 0 saturated carbocycles. The van der Waals surface area contributed by atoms with Crippen LogP contribution in [0, 0.1) is 5.82 Å². The fourth-order valence-electron chi connectivity index (χ4n) is 2.04. The summed E-state index contributed by atoms with van der Waals surface area (Å²) in [6.45, 7) is 7.26. The van der Waals surface area contributed by atoms with E-state index in [0.29, 0.717) is 30.5 Å². The van der Waals surface area contributed by atoms with E-state index in [1.807, 2.05) is 13.0 Å². The Hall–Kier alpha value is -1.94. The van der Waals surface area contributed by atoms with Crippen LogP contribution in [0.4, 0.5) is 4.39 Å². The molecule has 2 rings (SSSR count). The highest BCUT2D eigenvalue weighted by Gasteiger charge is 2.08. The van der Waals surface area contributed by atoms with Gasteiger partial charge in [0, 0.05) is 29.9 Å². The maximum atomic E-state index is 14.3. The van der Waals surface area contributed by atoms with E-state index >= 15 is 0 Å². The molecule has 0 bridgehead atoms. The Morgan fingerprint density at radius 2 is 2.05 bits per heavy atom. The predicted molar refractivity (Wildman–Crippen MR) is 82.8 cm³/mol. The third kappa shape index (κ3) is 4.26. The van der Waals surface area contributed by atoms with Gasteiger partial charge in [-0.1, -0.05) is 26.0 Å². The van der Waals surface area contributed by atoms with Gasteiger partial charge in [0.1, 0.15) is 11.6 Å². The molecule has 2 aromatic rings. The number of aromatic nitrogens is 1. The summed E-state index contributed by atoms with van der Waals surface area (Å²) in [6.07, 6.45) is 3.28. The van der Waals surface area contributed by atoms with Crippen molar-refractivity contribution in [3.05, 3.63) is 48.0 Å². The molecule has 4 heteroatoms. The SMILES string of the molecule is CCOc1cncc(-c2ccc(CNC(C)C)cc2F)c1. The summed E-state index contributed by atoms with van der Waals surface area (Å²) < 4.78 is 19.7. The second-order valence-electron chi connectivity index (χ2n) is 5.19. The van der Waals surface area contributed by atoms with Crippen molar-refractivity contribution in [1.82, 2.24) is 10.3 Å². The minimum absolute atomic E-state index is 0.242. The summed E-state index contributed by atoms with van der Waals surface area (Å²) >= 11 is 0. The molecule has 0 atom stereocenters. The Balaban J connectivity index is 2.22. The standard InChI is InChI=1S/C17H21FN2O/c1-4-21-15-8-14(10-19-11-15)16-6-5-13(7-17(16)18)9-20-12(2)3/h5-8,10-12,20H,4,9H2,1-3H3. The first-order chi connectivity index (χ1) is 10.1. The zero-order chi connectivity index (χ0) is 15.2. The average Bonchev–Trinajstić information content (AvgIpc) is 2.46. The first-order valence-electron chi connectivity index (χ1n) is 7.20. The fourth-order valence-corrected chi connectivity index (χ4v) is 2.04. The van der Waals surface area contributed by atoms with Crippen molar-refractivity contribution >= 4 is 0 Å². The van der Waals surface area contributed by atoms with Crippen molar-refractivity contribution < 1.29 is 9.13 Å². The van der Waals surface area contributed by atoms with E-state index in [-0.39, 0.29) is 5.82 Å². The molecule has 0 aliphatic heterocycles. The van der Waals surface area contributed by atoms with Crippen LogP contribution in [0.3, 0.4) is 0 Å². The predicted octanol–water partition coefficient (Wildman–Crippen LogP) is 3.78. The summed E-state index contributed by atoms with van der Waals surface area (Å²) in [5, 5.41) is 3.28. The van der Waals surface area contributed by atoms with Crippen LogP contribution in [0.25, 0.3) is 11.1 Å². The Bertz CT molecular complexity index is 599. The van der Waals surface area contributed by atoms with E-state index in [1.165, 1.54) is 0 Å². The van der Waals surface area contributed by atoms with Gasteiger partial charge in [0.15, 0.2) is 0 Å². The van der Waals surface area contributed by atoms with E-state index in [0.717, 1.165) is 11.1 Å². The number of hydrogen-bond acceptors (Lipinski definition) is 3. The Morgan fingerprint density at radius 1 is 1.24 bits per heavy atom. The lowest BCUT2D eigenvalue weighted by atomic mass is 10.0. The smallest absolute Gasteiger partial charge is 0.138 e. The van der Waals surface area contributed by atoms with Crippen LogP contribution in [0.1, 0.15) is 26.3 Å². The van der Waals surface area contributed by atoms with Gasteiger partial charge in [0.2, 0.25) is 0 Å². The normalized spacial score (nSPS) is 10.9. The highest BCUT2D eigenvalue weighted by Crippen LogP contribution is 2.26. The Morgan fingerprint density at radius 3 is 2.71 bits per heavy atom. The van der Waals surface area contributed by atoms with E-state index in [1.54, 1.807) is 30.6 Å². The molecule has 0 aliphatic rings.